The number of carbonyl (C=O) groups is 1. The minimum absolute atomic E-state index is 0.0517. The van der Waals surface area contributed by atoms with Gasteiger partial charge in [0.1, 0.15) is 6.61 Å². The number of rotatable bonds is 5. The lowest BCUT2D eigenvalue weighted by molar-refractivity contribution is 0.0940. The maximum absolute atomic E-state index is 12.0. The van der Waals surface area contributed by atoms with Crippen LogP contribution in [0.4, 0.5) is 0 Å². The summed E-state index contributed by atoms with van der Waals surface area (Å²) in [5.41, 5.74) is 0.641. The molecular formula is C13H17NO2S2. The SMILES string of the molecule is CCC(CSC)NC(=O)c1csc(C#CCO)c1. The van der Waals surface area contributed by atoms with Gasteiger partial charge in [-0.3, -0.25) is 4.79 Å². The van der Waals surface area contributed by atoms with E-state index in [1.54, 1.807) is 23.2 Å². The highest BCUT2D eigenvalue weighted by molar-refractivity contribution is 7.98. The number of hydrogen-bond donors (Lipinski definition) is 2. The Balaban J connectivity index is 2.63. The van der Waals surface area contributed by atoms with Gasteiger partial charge in [-0.2, -0.15) is 11.8 Å². The number of carbonyl (C=O) groups excluding carboxylic acids is 1. The molecule has 3 nitrogen and oxygen atoms in total. The van der Waals surface area contributed by atoms with Crippen LogP contribution in [-0.2, 0) is 0 Å². The second kappa shape index (κ2) is 8.20. The minimum Gasteiger partial charge on any atom is -0.384 e. The second-order valence-corrected chi connectivity index (χ2v) is 5.52. The molecule has 0 radical (unpaired) electrons. The molecule has 0 aliphatic heterocycles. The molecule has 0 saturated heterocycles. The maximum atomic E-state index is 12.0. The van der Waals surface area contributed by atoms with Gasteiger partial charge in [0.2, 0.25) is 0 Å². The van der Waals surface area contributed by atoms with Crippen LogP contribution in [0.3, 0.4) is 0 Å². The van der Waals surface area contributed by atoms with Crippen molar-refractivity contribution in [2.24, 2.45) is 0 Å². The van der Waals surface area contributed by atoms with E-state index in [0.29, 0.717) is 5.56 Å². The van der Waals surface area contributed by atoms with Crippen molar-refractivity contribution in [2.75, 3.05) is 18.6 Å². The Kier molecular flexibility index (Phi) is 6.88. The second-order valence-electron chi connectivity index (χ2n) is 3.69. The van der Waals surface area contributed by atoms with Gasteiger partial charge in [-0.05, 0) is 18.7 Å². The first-order valence-electron chi connectivity index (χ1n) is 5.69. The molecule has 1 aromatic heterocycles. The number of hydrogen-bond acceptors (Lipinski definition) is 4. The van der Waals surface area contributed by atoms with E-state index in [1.165, 1.54) is 11.3 Å². The highest BCUT2D eigenvalue weighted by atomic mass is 32.2. The van der Waals surface area contributed by atoms with Gasteiger partial charge < -0.3 is 10.4 Å². The zero-order valence-corrected chi connectivity index (χ0v) is 12.2. The quantitative estimate of drug-likeness (QED) is 0.812. The fraction of sp³-hybridized carbons (Fsp3) is 0.462. The van der Waals surface area contributed by atoms with E-state index in [-0.39, 0.29) is 18.6 Å². The van der Waals surface area contributed by atoms with E-state index in [9.17, 15) is 4.79 Å². The molecule has 1 aromatic rings. The number of aliphatic hydroxyl groups excluding tert-OH is 1. The van der Waals surface area contributed by atoms with Crippen molar-refractivity contribution in [3.63, 3.8) is 0 Å². The van der Waals surface area contributed by atoms with Crippen LogP contribution >= 0.6 is 23.1 Å². The number of thiophene rings is 1. The van der Waals surface area contributed by atoms with Crippen molar-refractivity contribution in [1.82, 2.24) is 5.32 Å². The third kappa shape index (κ3) is 4.73. The molecule has 1 atom stereocenters. The fourth-order valence-corrected chi connectivity index (χ4v) is 2.86. The van der Waals surface area contributed by atoms with Gasteiger partial charge in [0, 0.05) is 17.2 Å². The molecule has 0 aliphatic rings. The van der Waals surface area contributed by atoms with Gasteiger partial charge in [0.25, 0.3) is 5.91 Å². The van der Waals surface area contributed by atoms with Crippen LogP contribution in [0.5, 0.6) is 0 Å². The van der Waals surface area contributed by atoms with E-state index in [1.807, 2.05) is 6.26 Å². The molecule has 18 heavy (non-hydrogen) atoms. The molecule has 2 N–H and O–H groups in total. The molecule has 1 rings (SSSR count). The van der Waals surface area contributed by atoms with Crippen LogP contribution in [0.2, 0.25) is 0 Å². The number of nitrogens with one attached hydrogen (secondary N) is 1. The predicted octanol–water partition coefficient (Wildman–Crippen LogP) is 1.96. The van der Waals surface area contributed by atoms with Crippen molar-refractivity contribution in [1.29, 1.82) is 0 Å². The van der Waals surface area contributed by atoms with Crippen LogP contribution < -0.4 is 5.32 Å². The standard InChI is InChI=1S/C13H17NO2S2/c1-3-11(9-17-2)14-13(16)10-7-12(18-8-10)5-4-6-15/h7-8,11,15H,3,6,9H2,1-2H3,(H,14,16). The maximum Gasteiger partial charge on any atom is 0.252 e. The summed E-state index contributed by atoms with van der Waals surface area (Å²) in [5.74, 6) is 6.23. The monoisotopic (exact) mass is 283 g/mol. The summed E-state index contributed by atoms with van der Waals surface area (Å²) >= 11 is 3.14. The van der Waals surface area contributed by atoms with E-state index in [0.717, 1.165) is 17.1 Å². The molecule has 0 spiro atoms. The van der Waals surface area contributed by atoms with Gasteiger partial charge >= 0.3 is 0 Å². The molecule has 0 aromatic carbocycles. The Morgan fingerprint density at radius 3 is 3.06 bits per heavy atom. The van der Waals surface area contributed by atoms with Crippen molar-refractivity contribution < 1.29 is 9.90 Å². The third-order valence-corrected chi connectivity index (χ3v) is 3.93. The molecule has 1 heterocycles. The first-order valence-corrected chi connectivity index (χ1v) is 7.96. The topological polar surface area (TPSA) is 49.3 Å². The molecule has 1 unspecified atom stereocenters. The summed E-state index contributed by atoms with van der Waals surface area (Å²) in [6, 6.07) is 1.97. The summed E-state index contributed by atoms with van der Waals surface area (Å²) in [7, 11) is 0. The Morgan fingerprint density at radius 2 is 2.44 bits per heavy atom. The smallest absolute Gasteiger partial charge is 0.252 e. The molecule has 0 aliphatic carbocycles. The zero-order valence-electron chi connectivity index (χ0n) is 10.5. The van der Waals surface area contributed by atoms with Crippen molar-refractivity contribution in [2.45, 2.75) is 19.4 Å². The van der Waals surface area contributed by atoms with Crippen LogP contribution in [-0.4, -0.2) is 35.7 Å². The van der Waals surface area contributed by atoms with Crippen LogP contribution in [0, 0.1) is 11.8 Å². The van der Waals surface area contributed by atoms with E-state index >= 15 is 0 Å². The first-order chi connectivity index (χ1) is 8.71. The minimum atomic E-state index is -0.162. The molecule has 98 valence electrons. The summed E-state index contributed by atoms with van der Waals surface area (Å²) < 4.78 is 0. The van der Waals surface area contributed by atoms with Crippen LogP contribution in [0.25, 0.3) is 0 Å². The predicted molar refractivity (Wildman–Crippen MR) is 78.2 cm³/mol. The Labute approximate surface area is 116 Å². The Morgan fingerprint density at radius 1 is 1.67 bits per heavy atom. The van der Waals surface area contributed by atoms with E-state index < -0.39 is 0 Å². The lowest BCUT2D eigenvalue weighted by Crippen LogP contribution is -2.35. The molecule has 0 bridgehead atoms. The lowest BCUT2D eigenvalue weighted by atomic mass is 10.2. The van der Waals surface area contributed by atoms with Gasteiger partial charge in [-0.25, -0.2) is 0 Å². The molecule has 0 fully saturated rings. The van der Waals surface area contributed by atoms with E-state index in [4.69, 9.17) is 5.11 Å². The molecule has 0 saturated carbocycles. The molecule has 5 heteroatoms. The van der Waals surface area contributed by atoms with Crippen molar-refractivity contribution in [3.05, 3.63) is 21.9 Å². The fourth-order valence-electron chi connectivity index (χ4n) is 1.38. The van der Waals surface area contributed by atoms with Gasteiger partial charge in [0.15, 0.2) is 0 Å². The Bertz CT molecular complexity index is 445. The number of aliphatic hydroxyl groups is 1. The van der Waals surface area contributed by atoms with Crippen LogP contribution in [0.15, 0.2) is 11.4 Å². The summed E-state index contributed by atoms with van der Waals surface area (Å²) in [4.78, 5) is 12.8. The number of amides is 1. The average Bonchev–Trinajstić information content (AvgIpc) is 2.84. The summed E-state index contributed by atoms with van der Waals surface area (Å²) in [5, 5.41) is 13.4. The Hall–Kier alpha value is -0.960. The first kappa shape index (κ1) is 15.1. The lowest BCUT2D eigenvalue weighted by Gasteiger charge is -2.14. The van der Waals surface area contributed by atoms with E-state index in [2.05, 4.69) is 24.1 Å². The number of thioether (sulfide) groups is 1. The van der Waals surface area contributed by atoms with Crippen molar-refractivity contribution in [3.8, 4) is 11.8 Å². The highest BCUT2D eigenvalue weighted by Gasteiger charge is 2.12. The normalized spacial score (nSPS) is 11.5. The third-order valence-electron chi connectivity index (χ3n) is 2.35. The molecule has 1 amide bonds. The van der Waals surface area contributed by atoms with Gasteiger partial charge in [-0.1, -0.05) is 18.8 Å². The zero-order chi connectivity index (χ0) is 13.4. The van der Waals surface area contributed by atoms with Gasteiger partial charge in [0.05, 0.1) is 10.4 Å². The summed E-state index contributed by atoms with van der Waals surface area (Å²) in [6.45, 7) is 1.90. The largest absolute Gasteiger partial charge is 0.384 e. The van der Waals surface area contributed by atoms with Crippen molar-refractivity contribution >= 4 is 29.0 Å². The summed E-state index contributed by atoms with van der Waals surface area (Å²) in [6.07, 6.45) is 2.95. The molecular weight excluding hydrogens is 266 g/mol. The highest BCUT2D eigenvalue weighted by Crippen LogP contribution is 2.14. The van der Waals surface area contributed by atoms with Gasteiger partial charge in [-0.15, -0.1) is 11.3 Å². The average molecular weight is 283 g/mol. The van der Waals surface area contributed by atoms with Crippen LogP contribution in [0.1, 0.15) is 28.6 Å².